The maximum atomic E-state index is 14.8. The van der Waals surface area contributed by atoms with Gasteiger partial charge in [-0.05, 0) is 31.5 Å². The maximum Gasteiger partial charge on any atom is 0.330 e. The van der Waals surface area contributed by atoms with Crippen LogP contribution in [-0.4, -0.2) is 28.9 Å². The Morgan fingerprint density at radius 1 is 1.28 bits per heavy atom. The highest BCUT2D eigenvalue weighted by Gasteiger charge is 2.19. The number of aromatic nitrogens is 6. The van der Waals surface area contributed by atoms with Crippen LogP contribution in [0.25, 0.3) is 22.3 Å². The first-order valence-electron chi connectivity index (χ1n) is 9.99. The standard InChI is InChI=1S/C22H23F2N7O/c1-12-6-16(15-9-26-29(4)11-15)17(24)8-18(12)27-21-25-10-19-20(28-21)31(22(32)30(19)5)14(3)7-13(2)23/h6,8-11,14H,2,7H2,1,3-5H3,(H,25,27,28). The lowest BCUT2D eigenvalue weighted by Gasteiger charge is -2.13. The molecule has 0 aliphatic rings. The number of nitrogens with zero attached hydrogens (tertiary/aromatic N) is 6. The van der Waals surface area contributed by atoms with Gasteiger partial charge in [-0.1, -0.05) is 6.58 Å². The number of fused-ring (bicyclic) bond motifs is 1. The molecule has 8 nitrogen and oxygen atoms in total. The smallest absolute Gasteiger partial charge is 0.324 e. The molecule has 166 valence electrons. The van der Waals surface area contributed by atoms with Gasteiger partial charge < -0.3 is 5.32 Å². The monoisotopic (exact) mass is 439 g/mol. The molecule has 32 heavy (non-hydrogen) atoms. The van der Waals surface area contributed by atoms with Crippen LogP contribution in [0.15, 0.2) is 47.9 Å². The topological polar surface area (TPSA) is 82.6 Å². The van der Waals surface area contributed by atoms with Gasteiger partial charge in [0, 0.05) is 49.6 Å². The van der Waals surface area contributed by atoms with E-state index in [0.717, 1.165) is 5.56 Å². The SMILES string of the molecule is C=C(F)CC(C)n1c(=O)n(C)c2cnc(Nc3cc(F)c(-c4cnn(C)c4)cc3C)nc21. The lowest BCUT2D eigenvalue weighted by molar-refractivity contribution is 0.470. The average Bonchev–Trinajstić information content (AvgIpc) is 3.25. The molecule has 10 heteroatoms. The first-order valence-corrected chi connectivity index (χ1v) is 9.99. The van der Waals surface area contributed by atoms with E-state index >= 15 is 0 Å². The van der Waals surface area contributed by atoms with Gasteiger partial charge in [-0.3, -0.25) is 13.8 Å². The van der Waals surface area contributed by atoms with Crippen molar-refractivity contribution in [2.24, 2.45) is 14.1 Å². The molecule has 0 spiro atoms. The van der Waals surface area contributed by atoms with E-state index in [-0.39, 0.29) is 18.1 Å². The van der Waals surface area contributed by atoms with Crippen LogP contribution in [0.2, 0.25) is 0 Å². The van der Waals surface area contributed by atoms with Crippen LogP contribution in [0, 0.1) is 12.7 Å². The number of halogens is 2. The number of benzene rings is 1. The minimum atomic E-state index is -0.520. The summed E-state index contributed by atoms with van der Waals surface area (Å²) in [6.07, 6.45) is 4.84. The van der Waals surface area contributed by atoms with E-state index in [1.165, 1.54) is 21.4 Å². The minimum absolute atomic E-state index is 0.00803. The van der Waals surface area contributed by atoms with Crippen molar-refractivity contribution in [3.8, 4) is 11.1 Å². The van der Waals surface area contributed by atoms with E-state index in [0.29, 0.717) is 28.0 Å². The third-order valence-electron chi connectivity index (χ3n) is 5.37. The molecule has 0 radical (unpaired) electrons. The Hall–Kier alpha value is -3.82. The predicted octanol–water partition coefficient (Wildman–Crippen LogP) is 4.16. The zero-order chi connectivity index (χ0) is 23.2. The number of nitrogens with one attached hydrogen (secondary N) is 1. The maximum absolute atomic E-state index is 14.8. The summed E-state index contributed by atoms with van der Waals surface area (Å²) in [5.41, 5.74) is 2.92. The van der Waals surface area contributed by atoms with Crippen LogP contribution in [-0.2, 0) is 14.1 Å². The molecule has 4 rings (SSSR count). The quantitative estimate of drug-likeness (QED) is 0.488. The predicted molar refractivity (Wildman–Crippen MR) is 119 cm³/mol. The number of anilines is 2. The second-order valence-corrected chi connectivity index (χ2v) is 7.86. The fourth-order valence-corrected chi connectivity index (χ4v) is 3.72. The summed E-state index contributed by atoms with van der Waals surface area (Å²) in [6.45, 7) is 6.84. The van der Waals surface area contributed by atoms with E-state index in [4.69, 9.17) is 0 Å². The van der Waals surface area contributed by atoms with Crippen LogP contribution in [0.3, 0.4) is 0 Å². The highest BCUT2D eigenvalue weighted by molar-refractivity contribution is 5.74. The molecule has 1 aromatic carbocycles. The molecule has 1 atom stereocenters. The molecule has 1 N–H and O–H groups in total. The number of allylic oxidation sites excluding steroid dienone is 1. The van der Waals surface area contributed by atoms with Gasteiger partial charge in [-0.25, -0.2) is 18.6 Å². The lowest BCUT2D eigenvalue weighted by atomic mass is 10.0. The van der Waals surface area contributed by atoms with Gasteiger partial charge in [0.2, 0.25) is 5.95 Å². The fourth-order valence-electron chi connectivity index (χ4n) is 3.72. The summed E-state index contributed by atoms with van der Waals surface area (Å²) in [7, 11) is 3.37. The molecule has 0 fully saturated rings. The Labute approximate surface area is 182 Å². The third kappa shape index (κ3) is 3.79. The lowest BCUT2D eigenvalue weighted by Crippen LogP contribution is -2.25. The molecule has 0 aliphatic carbocycles. The van der Waals surface area contributed by atoms with Gasteiger partial charge in [0.05, 0.1) is 18.2 Å². The van der Waals surface area contributed by atoms with Crippen molar-refractivity contribution < 1.29 is 8.78 Å². The molecule has 0 saturated heterocycles. The van der Waals surface area contributed by atoms with E-state index in [2.05, 4.69) is 27.0 Å². The van der Waals surface area contributed by atoms with Crippen LogP contribution >= 0.6 is 0 Å². The van der Waals surface area contributed by atoms with Crippen molar-refractivity contribution in [2.75, 3.05) is 5.32 Å². The zero-order valence-electron chi connectivity index (χ0n) is 18.2. The molecule has 0 saturated carbocycles. The zero-order valence-corrected chi connectivity index (χ0v) is 18.2. The molecule has 3 heterocycles. The Bertz CT molecular complexity index is 1400. The number of imidazole rings is 1. The number of aryl methyl sites for hydroxylation is 3. The molecule has 1 unspecified atom stereocenters. The average molecular weight is 439 g/mol. The molecule has 0 amide bonds. The Kier molecular flexibility index (Phi) is 5.37. The van der Waals surface area contributed by atoms with Crippen LogP contribution in [0.4, 0.5) is 20.4 Å². The minimum Gasteiger partial charge on any atom is -0.324 e. The van der Waals surface area contributed by atoms with Crippen molar-refractivity contribution >= 4 is 22.8 Å². The molecular formula is C22H23F2N7O. The van der Waals surface area contributed by atoms with Crippen molar-refractivity contribution in [2.45, 2.75) is 26.3 Å². The normalized spacial score (nSPS) is 12.3. The van der Waals surface area contributed by atoms with Crippen molar-refractivity contribution in [1.29, 1.82) is 0 Å². The number of hydrogen-bond donors (Lipinski definition) is 1. The second kappa shape index (κ2) is 8.03. The highest BCUT2D eigenvalue weighted by atomic mass is 19.1. The molecular weight excluding hydrogens is 416 g/mol. The Morgan fingerprint density at radius 3 is 2.69 bits per heavy atom. The van der Waals surface area contributed by atoms with Crippen molar-refractivity contribution in [1.82, 2.24) is 28.9 Å². The molecule has 3 aromatic heterocycles. The van der Waals surface area contributed by atoms with Gasteiger partial charge in [-0.15, -0.1) is 0 Å². The van der Waals surface area contributed by atoms with E-state index in [1.54, 1.807) is 44.2 Å². The molecule has 0 bridgehead atoms. The largest absolute Gasteiger partial charge is 0.330 e. The van der Waals surface area contributed by atoms with Gasteiger partial charge in [0.1, 0.15) is 11.3 Å². The third-order valence-corrected chi connectivity index (χ3v) is 5.37. The van der Waals surface area contributed by atoms with E-state index in [1.807, 2.05) is 6.92 Å². The first kappa shape index (κ1) is 21.4. The summed E-state index contributed by atoms with van der Waals surface area (Å²) in [5, 5.41) is 7.11. The van der Waals surface area contributed by atoms with Gasteiger partial charge in [-0.2, -0.15) is 10.1 Å². The molecule has 4 aromatic rings. The fraction of sp³-hybridized carbons (Fsp3) is 0.273. The summed E-state index contributed by atoms with van der Waals surface area (Å²) in [4.78, 5) is 21.4. The summed E-state index contributed by atoms with van der Waals surface area (Å²) < 4.78 is 32.6. The van der Waals surface area contributed by atoms with Gasteiger partial charge in [0.25, 0.3) is 0 Å². The van der Waals surface area contributed by atoms with Gasteiger partial charge >= 0.3 is 5.69 Å². The summed E-state index contributed by atoms with van der Waals surface area (Å²) in [5.74, 6) is -0.743. The van der Waals surface area contributed by atoms with Gasteiger partial charge in [0.15, 0.2) is 5.65 Å². The van der Waals surface area contributed by atoms with Crippen LogP contribution in [0.5, 0.6) is 0 Å². The second-order valence-electron chi connectivity index (χ2n) is 7.86. The van der Waals surface area contributed by atoms with Crippen LogP contribution < -0.4 is 11.0 Å². The number of hydrogen-bond acceptors (Lipinski definition) is 5. The Morgan fingerprint density at radius 2 is 2.03 bits per heavy atom. The summed E-state index contributed by atoms with van der Waals surface area (Å²) >= 11 is 0. The Balaban J connectivity index is 1.73. The van der Waals surface area contributed by atoms with E-state index < -0.39 is 17.7 Å². The molecule has 0 aliphatic heterocycles. The highest BCUT2D eigenvalue weighted by Crippen LogP contribution is 2.29. The van der Waals surface area contributed by atoms with Crippen molar-refractivity contribution in [3.63, 3.8) is 0 Å². The van der Waals surface area contributed by atoms with Crippen molar-refractivity contribution in [3.05, 3.63) is 65.0 Å². The van der Waals surface area contributed by atoms with E-state index in [9.17, 15) is 13.6 Å². The summed E-state index contributed by atoms with van der Waals surface area (Å²) in [6, 6.07) is 2.61. The van der Waals surface area contributed by atoms with Crippen LogP contribution in [0.1, 0.15) is 24.9 Å². The number of rotatable bonds is 6. The first-order chi connectivity index (χ1) is 15.2.